The van der Waals surface area contributed by atoms with E-state index in [9.17, 15) is 22.8 Å². The fraction of sp³-hybridized carbons (Fsp3) is 0.421. The Labute approximate surface area is 165 Å². The summed E-state index contributed by atoms with van der Waals surface area (Å²) in [7, 11) is 2.52. The lowest BCUT2D eigenvalue weighted by molar-refractivity contribution is -0.147. The second-order valence-electron chi connectivity index (χ2n) is 6.57. The first-order valence-electron chi connectivity index (χ1n) is 8.78. The highest BCUT2D eigenvalue weighted by atomic mass is 19.4. The fourth-order valence-corrected chi connectivity index (χ4v) is 2.87. The Morgan fingerprint density at radius 3 is 2.48 bits per heavy atom. The number of benzene rings is 1. The maximum absolute atomic E-state index is 13.0. The number of hydrogen-bond donors (Lipinski definition) is 1. The molecule has 1 atom stereocenters. The van der Waals surface area contributed by atoms with Gasteiger partial charge in [0.2, 0.25) is 0 Å². The molecule has 0 saturated carbocycles. The van der Waals surface area contributed by atoms with Gasteiger partial charge in [-0.2, -0.15) is 18.3 Å². The van der Waals surface area contributed by atoms with Gasteiger partial charge in [-0.25, -0.2) is 9.48 Å². The first kappa shape index (κ1) is 22.3. The number of methoxy groups -OCH3 is 2. The monoisotopic (exact) mass is 413 g/mol. The van der Waals surface area contributed by atoms with Gasteiger partial charge in [-0.3, -0.25) is 4.79 Å². The summed E-state index contributed by atoms with van der Waals surface area (Å²) in [4.78, 5) is 24.9. The molecule has 0 radical (unpaired) electrons. The minimum Gasteiger partial charge on any atom is -0.493 e. The Morgan fingerprint density at radius 1 is 1.24 bits per heavy atom. The van der Waals surface area contributed by atoms with Gasteiger partial charge >= 0.3 is 12.1 Å². The number of nitrogens with zero attached hydrogens (tertiary/aromatic N) is 2. The fourth-order valence-electron chi connectivity index (χ4n) is 2.87. The molecule has 1 aromatic heterocycles. The average molecular weight is 413 g/mol. The lowest BCUT2D eigenvalue weighted by Gasteiger charge is -2.27. The van der Waals surface area contributed by atoms with Crippen LogP contribution in [0.2, 0.25) is 0 Å². The van der Waals surface area contributed by atoms with E-state index in [1.165, 1.54) is 39.5 Å². The lowest BCUT2D eigenvalue weighted by Crippen LogP contribution is -2.52. The molecule has 1 heterocycles. The van der Waals surface area contributed by atoms with Gasteiger partial charge in [0, 0.05) is 0 Å². The van der Waals surface area contributed by atoms with E-state index in [0.29, 0.717) is 12.8 Å². The van der Waals surface area contributed by atoms with Crippen LogP contribution in [-0.2, 0) is 15.7 Å². The molecule has 29 heavy (non-hydrogen) atoms. The molecule has 0 aliphatic rings. The van der Waals surface area contributed by atoms with Crippen molar-refractivity contribution in [2.45, 2.75) is 38.4 Å². The van der Waals surface area contributed by atoms with Crippen LogP contribution in [0.1, 0.15) is 42.7 Å². The molecule has 1 N–H and O–H groups in total. The minimum atomic E-state index is -4.52. The molecule has 0 saturated heterocycles. The third-order valence-electron chi connectivity index (χ3n) is 4.33. The number of esters is 1. The highest BCUT2D eigenvalue weighted by Gasteiger charge is 2.37. The number of hydrogen-bond acceptors (Lipinski definition) is 5. The van der Waals surface area contributed by atoms with Crippen LogP contribution in [0.25, 0.3) is 5.69 Å². The Hall–Kier alpha value is -3.04. The van der Waals surface area contributed by atoms with Gasteiger partial charge in [-0.1, -0.05) is 19.4 Å². The second kappa shape index (κ2) is 8.54. The quantitative estimate of drug-likeness (QED) is 0.704. The summed E-state index contributed by atoms with van der Waals surface area (Å²) in [5.74, 6) is -1.29. The summed E-state index contributed by atoms with van der Waals surface area (Å²) in [6.07, 6.45) is -2.31. The predicted octanol–water partition coefficient (Wildman–Crippen LogP) is 3.36. The highest BCUT2D eigenvalue weighted by molar-refractivity contribution is 5.98. The van der Waals surface area contributed by atoms with Gasteiger partial charge in [0.1, 0.15) is 5.54 Å². The number of aromatic nitrogens is 2. The van der Waals surface area contributed by atoms with Crippen molar-refractivity contribution in [3.8, 4) is 11.4 Å². The van der Waals surface area contributed by atoms with Crippen molar-refractivity contribution in [3.05, 3.63) is 41.7 Å². The van der Waals surface area contributed by atoms with Crippen molar-refractivity contribution in [2.75, 3.05) is 14.2 Å². The molecular formula is C19H22F3N3O4. The van der Waals surface area contributed by atoms with Crippen LogP contribution in [0.4, 0.5) is 13.2 Å². The molecule has 1 aromatic carbocycles. The number of ether oxygens (including phenoxy) is 2. The van der Waals surface area contributed by atoms with E-state index in [1.807, 2.05) is 6.92 Å². The van der Waals surface area contributed by atoms with Gasteiger partial charge in [-0.15, -0.1) is 0 Å². The standard InChI is InChI=1S/C19H22F3N3O4/c1-5-9-18(2,17(27)29-4)23-16(26)15-14(28-3)11-25(24-15)13-8-6-7-12(10-13)19(20,21)22/h6-8,10-11H,5,9H2,1-4H3,(H,23,26). The number of carbonyl (C=O) groups is 2. The molecule has 158 valence electrons. The van der Waals surface area contributed by atoms with Gasteiger partial charge < -0.3 is 14.8 Å². The van der Waals surface area contributed by atoms with Crippen LogP contribution in [0.3, 0.4) is 0 Å². The highest BCUT2D eigenvalue weighted by Crippen LogP contribution is 2.31. The Balaban J connectivity index is 2.39. The van der Waals surface area contributed by atoms with Gasteiger partial charge in [0.25, 0.3) is 5.91 Å². The van der Waals surface area contributed by atoms with Gasteiger partial charge in [0.05, 0.1) is 31.7 Å². The van der Waals surface area contributed by atoms with E-state index in [-0.39, 0.29) is 17.1 Å². The van der Waals surface area contributed by atoms with E-state index in [2.05, 4.69) is 10.4 Å². The minimum absolute atomic E-state index is 0.0450. The molecule has 0 spiro atoms. The summed E-state index contributed by atoms with van der Waals surface area (Å²) in [6, 6.07) is 4.49. The number of carbonyl (C=O) groups excluding carboxylic acids is 2. The zero-order chi connectivity index (χ0) is 21.8. The van der Waals surface area contributed by atoms with Crippen LogP contribution in [0, 0.1) is 0 Å². The number of amides is 1. The van der Waals surface area contributed by atoms with E-state index >= 15 is 0 Å². The molecule has 10 heteroatoms. The van der Waals surface area contributed by atoms with Crippen LogP contribution in [0.15, 0.2) is 30.5 Å². The van der Waals surface area contributed by atoms with E-state index in [1.54, 1.807) is 0 Å². The number of alkyl halides is 3. The zero-order valence-corrected chi connectivity index (χ0v) is 16.5. The van der Waals surface area contributed by atoms with E-state index in [0.717, 1.165) is 16.8 Å². The molecule has 1 unspecified atom stereocenters. The van der Waals surface area contributed by atoms with Crippen LogP contribution in [0.5, 0.6) is 5.75 Å². The zero-order valence-electron chi connectivity index (χ0n) is 16.5. The summed E-state index contributed by atoms with van der Waals surface area (Å²) in [5.41, 5.74) is -2.21. The van der Waals surface area contributed by atoms with Gasteiger partial charge in [-0.05, 0) is 31.5 Å². The Morgan fingerprint density at radius 2 is 1.93 bits per heavy atom. The van der Waals surface area contributed by atoms with Crippen LogP contribution >= 0.6 is 0 Å². The van der Waals surface area contributed by atoms with E-state index in [4.69, 9.17) is 9.47 Å². The number of halogens is 3. The first-order valence-corrected chi connectivity index (χ1v) is 8.78. The molecule has 0 aliphatic carbocycles. The predicted molar refractivity (Wildman–Crippen MR) is 97.9 cm³/mol. The van der Waals surface area contributed by atoms with Crippen molar-refractivity contribution >= 4 is 11.9 Å². The third kappa shape index (κ3) is 4.87. The molecule has 2 aromatic rings. The normalized spacial score (nSPS) is 13.5. The SMILES string of the molecule is CCCC(C)(NC(=O)c1nn(-c2cccc(C(F)(F)F)c2)cc1OC)C(=O)OC. The van der Waals surface area contributed by atoms with Crippen molar-refractivity contribution in [2.24, 2.45) is 0 Å². The third-order valence-corrected chi connectivity index (χ3v) is 4.33. The number of rotatable bonds is 7. The Kier molecular flexibility index (Phi) is 6.55. The topological polar surface area (TPSA) is 82.5 Å². The summed E-state index contributed by atoms with van der Waals surface area (Å²) < 4.78 is 49.9. The molecule has 0 bridgehead atoms. The van der Waals surface area contributed by atoms with Crippen molar-refractivity contribution in [3.63, 3.8) is 0 Å². The largest absolute Gasteiger partial charge is 0.493 e. The first-order chi connectivity index (χ1) is 13.6. The lowest BCUT2D eigenvalue weighted by atomic mass is 9.96. The maximum Gasteiger partial charge on any atom is 0.416 e. The van der Waals surface area contributed by atoms with Crippen molar-refractivity contribution in [1.29, 1.82) is 0 Å². The van der Waals surface area contributed by atoms with Crippen molar-refractivity contribution < 1.29 is 32.2 Å². The summed E-state index contributed by atoms with van der Waals surface area (Å²) in [5, 5.41) is 6.65. The second-order valence-corrected chi connectivity index (χ2v) is 6.57. The maximum atomic E-state index is 13.0. The average Bonchev–Trinajstić information content (AvgIpc) is 3.11. The van der Waals surface area contributed by atoms with Crippen LogP contribution < -0.4 is 10.1 Å². The number of nitrogens with one attached hydrogen (secondary N) is 1. The molecule has 2 rings (SSSR count). The molecule has 1 amide bonds. The van der Waals surface area contributed by atoms with Gasteiger partial charge in [0.15, 0.2) is 11.4 Å². The van der Waals surface area contributed by atoms with Crippen molar-refractivity contribution in [1.82, 2.24) is 15.1 Å². The Bertz CT molecular complexity index is 895. The summed E-state index contributed by atoms with van der Waals surface area (Å²) >= 11 is 0. The molecule has 7 nitrogen and oxygen atoms in total. The molecular weight excluding hydrogens is 391 g/mol. The van der Waals surface area contributed by atoms with E-state index < -0.39 is 29.2 Å². The molecule has 0 fully saturated rings. The summed E-state index contributed by atoms with van der Waals surface area (Å²) in [6.45, 7) is 3.37. The molecule has 0 aliphatic heterocycles. The smallest absolute Gasteiger partial charge is 0.416 e. The van der Waals surface area contributed by atoms with Crippen LogP contribution in [-0.4, -0.2) is 41.4 Å².